The van der Waals surface area contributed by atoms with E-state index in [4.69, 9.17) is 0 Å². The van der Waals surface area contributed by atoms with Gasteiger partial charge in [-0.15, -0.1) is 0 Å². The summed E-state index contributed by atoms with van der Waals surface area (Å²) in [6.45, 7) is 0. The molecule has 2 rings (SSSR count). The molecule has 0 aromatic carbocycles. The molecule has 1 aromatic heterocycles. The van der Waals surface area contributed by atoms with Crippen molar-refractivity contribution in [2.24, 2.45) is 7.05 Å². The Morgan fingerprint density at radius 2 is 1.85 bits per heavy atom. The monoisotopic (exact) mass is 177 g/mol. The average Bonchev–Trinajstić information content (AvgIpc) is 2.60. The summed E-state index contributed by atoms with van der Waals surface area (Å²) in [6.07, 6.45) is 4.14. The predicted molar refractivity (Wildman–Crippen MR) is 44.8 cm³/mol. The van der Waals surface area contributed by atoms with Gasteiger partial charge in [0.05, 0.1) is 0 Å². The number of imide groups is 1. The molecule has 0 bridgehead atoms. The van der Waals surface area contributed by atoms with Gasteiger partial charge in [-0.1, -0.05) is 0 Å². The normalized spacial score (nSPS) is 15.9. The molecule has 0 spiro atoms. The molecule has 2 heterocycles. The summed E-state index contributed by atoms with van der Waals surface area (Å²) in [5.41, 5.74) is 0. The number of hydrogen-bond donors (Lipinski definition) is 0. The molecule has 0 fully saturated rings. The van der Waals surface area contributed by atoms with E-state index < -0.39 is 0 Å². The largest absolute Gasteiger partial charge is 0.274 e. The Balaban J connectivity index is 2.37. The second kappa shape index (κ2) is 2.55. The molecule has 0 saturated carbocycles. The van der Waals surface area contributed by atoms with E-state index in [-0.39, 0.29) is 11.8 Å². The van der Waals surface area contributed by atoms with E-state index >= 15 is 0 Å². The molecule has 0 saturated heterocycles. The van der Waals surface area contributed by atoms with Crippen LogP contribution < -0.4 is 4.90 Å². The van der Waals surface area contributed by atoms with Crippen LogP contribution in [0.15, 0.2) is 24.4 Å². The number of carbonyl (C=O) groups is 2. The zero-order valence-corrected chi connectivity index (χ0v) is 6.97. The molecule has 0 atom stereocenters. The Hall–Kier alpha value is -1.91. The van der Waals surface area contributed by atoms with E-state index in [0.717, 1.165) is 4.90 Å². The number of anilines is 1. The second-order valence-corrected chi connectivity index (χ2v) is 2.69. The van der Waals surface area contributed by atoms with Gasteiger partial charge in [-0.25, -0.2) is 4.90 Å². The Labute approximate surface area is 74.3 Å². The standard InChI is InChI=1S/C8H7N3O2/c1-10-5-4-6(9-10)11-7(12)2-3-8(11)13/h2-5H,1H3. The third-order valence-electron chi connectivity index (χ3n) is 1.74. The Kier molecular flexibility index (Phi) is 1.51. The molecule has 5 heteroatoms. The SMILES string of the molecule is Cn1ccc(N2C(=O)C=CC2=O)n1. The molecule has 13 heavy (non-hydrogen) atoms. The molecule has 0 N–H and O–H groups in total. The lowest BCUT2D eigenvalue weighted by atomic mass is 10.5. The third kappa shape index (κ3) is 1.14. The topological polar surface area (TPSA) is 55.2 Å². The Morgan fingerprint density at radius 1 is 1.23 bits per heavy atom. The summed E-state index contributed by atoms with van der Waals surface area (Å²) in [5, 5.41) is 3.95. The maximum atomic E-state index is 11.2. The van der Waals surface area contributed by atoms with E-state index in [1.165, 1.54) is 16.8 Å². The first-order chi connectivity index (χ1) is 6.18. The van der Waals surface area contributed by atoms with Crippen LogP contribution >= 0.6 is 0 Å². The van der Waals surface area contributed by atoms with Crippen LogP contribution in [-0.2, 0) is 16.6 Å². The molecular formula is C8H7N3O2. The molecule has 1 aromatic rings. The van der Waals surface area contributed by atoms with E-state index in [1.54, 1.807) is 19.3 Å². The van der Waals surface area contributed by atoms with Crippen molar-refractivity contribution in [2.45, 2.75) is 0 Å². The Bertz CT molecular complexity index is 387. The van der Waals surface area contributed by atoms with Gasteiger partial charge < -0.3 is 0 Å². The van der Waals surface area contributed by atoms with Crippen LogP contribution in [0.4, 0.5) is 5.82 Å². The van der Waals surface area contributed by atoms with Crippen molar-refractivity contribution in [1.29, 1.82) is 0 Å². The maximum Gasteiger partial charge on any atom is 0.259 e. The van der Waals surface area contributed by atoms with Crippen molar-refractivity contribution < 1.29 is 9.59 Å². The summed E-state index contributed by atoms with van der Waals surface area (Å²) in [4.78, 5) is 23.4. The molecule has 5 nitrogen and oxygen atoms in total. The number of amides is 2. The van der Waals surface area contributed by atoms with Crippen molar-refractivity contribution in [3.8, 4) is 0 Å². The van der Waals surface area contributed by atoms with E-state index in [2.05, 4.69) is 5.10 Å². The number of carbonyl (C=O) groups excluding carboxylic acids is 2. The average molecular weight is 177 g/mol. The molecular weight excluding hydrogens is 170 g/mol. The van der Waals surface area contributed by atoms with Gasteiger partial charge in [0.2, 0.25) is 0 Å². The van der Waals surface area contributed by atoms with Crippen molar-refractivity contribution in [3.63, 3.8) is 0 Å². The van der Waals surface area contributed by atoms with Crippen molar-refractivity contribution in [2.75, 3.05) is 4.90 Å². The highest BCUT2D eigenvalue weighted by Gasteiger charge is 2.26. The van der Waals surface area contributed by atoms with Crippen molar-refractivity contribution in [3.05, 3.63) is 24.4 Å². The number of aromatic nitrogens is 2. The lowest BCUT2D eigenvalue weighted by Crippen LogP contribution is -2.29. The highest BCUT2D eigenvalue weighted by molar-refractivity contribution is 6.27. The van der Waals surface area contributed by atoms with Gasteiger partial charge in [0.1, 0.15) is 0 Å². The first-order valence-electron chi connectivity index (χ1n) is 3.74. The first kappa shape index (κ1) is 7.72. The number of nitrogens with zero attached hydrogens (tertiary/aromatic N) is 3. The molecule has 2 amide bonds. The molecule has 66 valence electrons. The lowest BCUT2D eigenvalue weighted by Gasteiger charge is -2.08. The molecule has 1 aliphatic rings. The van der Waals surface area contributed by atoms with E-state index in [9.17, 15) is 9.59 Å². The van der Waals surface area contributed by atoms with Crippen LogP contribution in [0.25, 0.3) is 0 Å². The second-order valence-electron chi connectivity index (χ2n) is 2.69. The summed E-state index contributed by atoms with van der Waals surface area (Å²) in [5.74, 6) is -0.324. The summed E-state index contributed by atoms with van der Waals surface area (Å²) in [7, 11) is 1.72. The zero-order chi connectivity index (χ0) is 9.42. The highest BCUT2D eigenvalue weighted by Crippen LogP contribution is 2.14. The quantitative estimate of drug-likeness (QED) is 0.560. The van der Waals surface area contributed by atoms with Gasteiger partial charge >= 0.3 is 0 Å². The van der Waals surface area contributed by atoms with Crippen molar-refractivity contribution >= 4 is 17.6 Å². The van der Waals surface area contributed by atoms with Crippen LogP contribution in [0.5, 0.6) is 0 Å². The molecule has 0 unspecified atom stereocenters. The fourth-order valence-corrected chi connectivity index (χ4v) is 1.15. The van der Waals surface area contributed by atoms with Gasteiger partial charge in [-0.05, 0) is 0 Å². The third-order valence-corrected chi connectivity index (χ3v) is 1.74. The van der Waals surface area contributed by atoms with Gasteiger partial charge in [0.15, 0.2) is 5.82 Å². The predicted octanol–water partition coefficient (Wildman–Crippen LogP) is -0.151. The number of rotatable bonds is 1. The van der Waals surface area contributed by atoms with Crippen LogP contribution in [0.2, 0.25) is 0 Å². The fourth-order valence-electron chi connectivity index (χ4n) is 1.15. The molecule has 1 aliphatic heterocycles. The number of hydrogen-bond acceptors (Lipinski definition) is 3. The van der Waals surface area contributed by atoms with E-state index in [1.807, 2.05) is 0 Å². The minimum atomic E-state index is -0.344. The van der Waals surface area contributed by atoms with Crippen LogP contribution in [0.3, 0.4) is 0 Å². The van der Waals surface area contributed by atoms with Crippen molar-refractivity contribution in [1.82, 2.24) is 9.78 Å². The molecule has 0 aliphatic carbocycles. The summed E-state index contributed by atoms with van der Waals surface area (Å²) >= 11 is 0. The van der Waals surface area contributed by atoms with Crippen LogP contribution in [-0.4, -0.2) is 21.6 Å². The lowest BCUT2D eigenvalue weighted by molar-refractivity contribution is -0.120. The zero-order valence-electron chi connectivity index (χ0n) is 6.97. The number of aryl methyl sites for hydroxylation is 1. The summed E-state index contributed by atoms with van der Waals surface area (Å²) in [6, 6.07) is 1.61. The van der Waals surface area contributed by atoms with E-state index in [0.29, 0.717) is 5.82 Å². The summed E-state index contributed by atoms with van der Waals surface area (Å²) < 4.78 is 1.54. The van der Waals surface area contributed by atoms with Crippen LogP contribution in [0.1, 0.15) is 0 Å². The fraction of sp³-hybridized carbons (Fsp3) is 0.125. The van der Waals surface area contributed by atoms with Gasteiger partial charge in [0, 0.05) is 31.5 Å². The first-order valence-corrected chi connectivity index (χ1v) is 3.74. The minimum Gasteiger partial charge on any atom is -0.274 e. The molecule has 0 radical (unpaired) electrons. The Morgan fingerprint density at radius 3 is 2.31 bits per heavy atom. The smallest absolute Gasteiger partial charge is 0.259 e. The minimum absolute atomic E-state index is 0.344. The highest BCUT2D eigenvalue weighted by atomic mass is 16.2. The van der Waals surface area contributed by atoms with Crippen LogP contribution in [0, 0.1) is 0 Å². The maximum absolute atomic E-state index is 11.2. The van der Waals surface area contributed by atoms with Gasteiger partial charge in [0.25, 0.3) is 11.8 Å². The van der Waals surface area contributed by atoms with Gasteiger partial charge in [-0.3, -0.25) is 14.3 Å². The van der Waals surface area contributed by atoms with Gasteiger partial charge in [-0.2, -0.15) is 5.10 Å².